The highest BCUT2D eigenvalue weighted by atomic mass is 35.5. The largest absolute Gasteiger partial charge is 0.270 e. The molecular weight excluding hydrogens is 376 g/mol. The van der Waals surface area contributed by atoms with E-state index in [2.05, 4.69) is 57.0 Å². The van der Waals surface area contributed by atoms with Gasteiger partial charge in [0, 0.05) is 34.4 Å². The number of hydrogen-bond acceptors (Lipinski definition) is 4. The summed E-state index contributed by atoms with van der Waals surface area (Å²) in [5, 5.41) is 10.5. The number of benzene rings is 2. The van der Waals surface area contributed by atoms with Crippen molar-refractivity contribution in [3.05, 3.63) is 89.2 Å². The van der Waals surface area contributed by atoms with Crippen LogP contribution in [0.4, 0.5) is 0 Å². The standard InChI is InChI=1S/C21H17ClN4S/c1-15-5-7-19(8-6-15)26-20(17-9-11-23-12-10-17)24-25-21(26)27-14-16-3-2-4-18(22)13-16/h2-13H,14H2,1H3. The predicted molar refractivity (Wildman–Crippen MR) is 110 cm³/mol. The number of pyridine rings is 1. The van der Waals surface area contributed by atoms with Gasteiger partial charge in [0.2, 0.25) is 0 Å². The Morgan fingerprint density at radius 2 is 1.74 bits per heavy atom. The van der Waals surface area contributed by atoms with E-state index in [4.69, 9.17) is 11.6 Å². The van der Waals surface area contributed by atoms with E-state index in [9.17, 15) is 0 Å². The minimum atomic E-state index is 0.741. The van der Waals surface area contributed by atoms with Crippen molar-refractivity contribution < 1.29 is 0 Å². The molecular formula is C21H17ClN4S. The Labute approximate surface area is 167 Å². The smallest absolute Gasteiger partial charge is 0.196 e. The van der Waals surface area contributed by atoms with Crippen LogP contribution in [-0.2, 0) is 5.75 Å². The van der Waals surface area contributed by atoms with E-state index in [0.717, 1.165) is 38.6 Å². The first-order chi connectivity index (χ1) is 13.2. The molecule has 0 fully saturated rings. The number of aromatic nitrogens is 4. The molecule has 0 saturated carbocycles. The second-order valence-corrected chi connectivity index (χ2v) is 7.51. The highest BCUT2D eigenvalue weighted by Crippen LogP contribution is 2.30. The molecule has 0 radical (unpaired) electrons. The van der Waals surface area contributed by atoms with Gasteiger partial charge >= 0.3 is 0 Å². The molecule has 134 valence electrons. The van der Waals surface area contributed by atoms with Crippen molar-refractivity contribution in [3.63, 3.8) is 0 Å². The second kappa shape index (κ2) is 7.94. The summed E-state index contributed by atoms with van der Waals surface area (Å²) in [4.78, 5) is 4.10. The van der Waals surface area contributed by atoms with E-state index in [1.54, 1.807) is 24.2 Å². The third-order valence-electron chi connectivity index (χ3n) is 4.12. The van der Waals surface area contributed by atoms with E-state index in [1.165, 1.54) is 5.56 Å². The highest BCUT2D eigenvalue weighted by Gasteiger charge is 2.16. The number of rotatable bonds is 5. The van der Waals surface area contributed by atoms with Crippen LogP contribution < -0.4 is 0 Å². The third kappa shape index (κ3) is 4.04. The van der Waals surface area contributed by atoms with Crippen molar-refractivity contribution in [1.82, 2.24) is 19.7 Å². The number of thioether (sulfide) groups is 1. The molecule has 0 spiro atoms. The third-order valence-corrected chi connectivity index (χ3v) is 5.36. The fourth-order valence-electron chi connectivity index (χ4n) is 2.75. The van der Waals surface area contributed by atoms with E-state index >= 15 is 0 Å². The zero-order valence-corrected chi connectivity index (χ0v) is 16.3. The summed E-state index contributed by atoms with van der Waals surface area (Å²) in [6.07, 6.45) is 3.53. The fourth-order valence-corrected chi connectivity index (χ4v) is 3.86. The van der Waals surface area contributed by atoms with Crippen LogP contribution in [0.1, 0.15) is 11.1 Å². The van der Waals surface area contributed by atoms with Crippen LogP contribution in [0, 0.1) is 6.92 Å². The molecule has 0 saturated heterocycles. The summed E-state index contributed by atoms with van der Waals surface area (Å²) in [7, 11) is 0. The minimum absolute atomic E-state index is 0.741. The monoisotopic (exact) mass is 392 g/mol. The lowest BCUT2D eigenvalue weighted by molar-refractivity contribution is 0.885. The van der Waals surface area contributed by atoms with Gasteiger partial charge in [-0.05, 0) is 48.9 Å². The summed E-state index contributed by atoms with van der Waals surface area (Å²) in [6, 6.07) is 20.1. The lowest BCUT2D eigenvalue weighted by Gasteiger charge is -2.11. The van der Waals surface area contributed by atoms with Gasteiger partial charge in [-0.1, -0.05) is 53.2 Å². The molecule has 4 rings (SSSR count). The van der Waals surface area contributed by atoms with Crippen LogP contribution in [0.2, 0.25) is 5.02 Å². The van der Waals surface area contributed by atoms with Gasteiger partial charge in [-0.25, -0.2) is 0 Å². The van der Waals surface area contributed by atoms with Gasteiger partial charge in [0.05, 0.1) is 0 Å². The van der Waals surface area contributed by atoms with Crippen LogP contribution in [0.25, 0.3) is 17.1 Å². The van der Waals surface area contributed by atoms with E-state index in [1.807, 2.05) is 30.3 Å². The van der Waals surface area contributed by atoms with Crippen molar-refractivity contribution in [2.75, 3.05) is 0 Å². The number of hydrogen-bond donors (Lipinski definition) is 0. The van der Waals surface area contributed by atoms with Crippen molar-refractivity contribution in [2.45, 2.75) is 17.8 Å². The van der Waals surface area contributed by atoms with Gasteiger partial charge < -0.3 is 0 Å². The van der Waals surface area contributed by atoms with Gasteiger partial charge in [0.25, 0.3) is 0 Å². The molecule has 4 aromatic rings. The molecule has 0 unspecified atom stereocenters. The summed E-state index contributed by atoms with van der Waals surface area (Å²) in [6.45, 7) is 2.08. The van der Waals surface area contributed by atoms with Crippen LogP contribution in [0.5, 0.6) is 0 Å². The van der Waals surface area contributed by atoms with Gasteiger partial charge in [0.1, 0.15) is 0 Å². The molecule has 2 aromatic carbocycles. The number of halogens is 1. The first-order valence-electron chi connectivity index (χ1n) is 8.51. The second-order valence-electron chi connectivity index (χ2n) is 6.13. The van der Waals surface area contributed by atoms with Crippen LogP contribution in [0.3, 0.4) is 0 Å². The maximum absolute atomic E-state index is 6.10. The summed E-state index contributed by atoms with van der Waals surface area (Å²) in [5.74, 6) is 1.57. The molecule has 2 heterocycles. The fraction of sp³-hybridized carbons (Fsp3) is 0.0952. The van der Waals surface area contributed by atoms with Crippen molar-refractivity contribution >= 4 is 23.4 Å². The molecule has 0 N–H and O–H groups in total. The predicted octanol–water partition coefficient (Wildman–Crippen LogP) is 5.58. The first-order valence-corrected chi connectivity index (χ1v) is 9.87. The van der Waals surface area contributed by atoms with Gasteiger partial charge in [0.15, 0.2) is 11.0 Å². The number of aryl methyl sites for hydroxylation is 1. The summed E-state index contributed by atoms with van der Waals surface area (Å²) in [5.41, 5.74) is 4.38. The Bertz CT molecular complexity index is 1050. The lowest BCUT2D eigenvalue weighted by Crippen LogP contribution is -2.00. The Morgan fingerprint density at radius 1 is 0.963 bits per heavy atom. The normalized spacial score (nSPS) is 10.9. The topological polar surface area (TPSA) is 43.6 Å². The molecule has 4 nitrogen and oxygen atoms in total. The molecule has 0 aliphatic heterocycles. The number of nitrogens with zero attached hydrogens (tertiary/aromatic N) is 4. The van der Waals surface area contributed by atoms with Crippen molar-refractivity contribution in [2.24, 2.45) is 0 Å². The van der Waals surface area contributed by atoms with Gasteiger partial charge in [-0.2, -0.15) is 0 Å². The molecule has 6 heteroatoms. The van der Waals surface area contributed by atoms with Gasteiger partial charge in [-0.15, -0.1) is 10.2 Å². The Morgan fingerprint density at radius 3 is 2.48 bits per heavy atom. The van der Waals surface area contributed by atoms with Gasteiger partial charge in [-0.3, -0.25) is 9.55 Å². The van der Waals surface area contributed by atoms with Crippen LogP contribution in [0.15, 0.2) is 78.2 Å². The molecule has 0 aliphatic rings. The Kier molecular flexibility index (Phi) is 5.23. The maximum atomic E-state index is 6.10. The summed E-state index contributed by atoms with van der Waals surface area (Å²) >= 11 is 7.74. The minimum Gasteiger partial charge on any atom is -0.270 e. The van der Waals surface area contributed by atoms with E-state index in [-0.39, 0.29) is 0 Å². The zero-order valence-electron chi connectivity index (χ0n) is 14.7. The van der Waals surface area contributed by atoms with Crippen molar-refractivity contribution in [1.29, 1.82) is 0 Å². The van der Waals surface area contributed by atoms with E-state index in [0.29, 0.717) is 0 Å². The first kappa shape index (κ1) is 17.8. The SMILES string of the molecule is Cc1ccc(-n2c(SCc3cccc(Cl)c3)nnc2-c2ccncc2)cc1. The van der Waals surface area contributed by atoms with Crippen molar-refractivity contribution in [3.8, 4) is 17.1 Å². The quantitative estimate of drug-likeness (QED) is 0.415. The molecule has 2 aromatic heterocycles. The average Bonchev–Trinajstić information content (AvgIpc) is 3.12. The van der Waals surface area contributed by atoms with Crippen LogP contribution in [-0.4, -0.2) is 19.7 Å². The van der Waals surface area contributed by atoms with E-state index < -0.39 is 0 Å². The van der Waals surface area contributed by atoms with Crippen LogP contribution >= 0.6 is 23.4 Å². The highest BCUT2D eigenvalue weighted by molar-refractivity contribution is 7.98. The zero-order chi connectivity index (χ0) is 18.6. The molecule has 0 amide bonds. The molecule has 0 bridgehead atoms. The average molecular weight is 393 g/mol. The lowest BCUT2D eigenvalue weighted by atomic mass is 10.2. The summed E-state index contributed by atoms with van der Waals surface area (Å²) < 4.78 is 2.09. The molecule has 27 heavy (non-hydrogen) atoms. The Balaban J connectivity index is 1.73. The molecule has 0 aliphatic carbocycles. The Hall–Kier alpha value is -2.63. The molecule has 0 atom stereocenters. The maximum Gasteiger partial charge on any atom is 0.196 e.